The van der Waals surface area contributed by atoms with Gasteiger partial charge in [0.15, 0.2) is 0 Å². The highest BCUT2D eigenvalue weighted by molar-refractivity contribution is 5.48. The quantitative estimate of drug-likeness (QED) is 0.516. The third-order valence-corrected chi connectivity index (χ3v) is 3.13. The molecule has 1 aliphatic rings. The Hall–Kier alpha value is -1.10. The van der Waals surface area contributed by atoms with Crippen LogP contribution in [0.5, 0.6) is 0 Å². The predicted molar refractivity (Wildman–Crippen MR) is 67.3 cm³/mol. The van der Waals surface area contributed by atoms with Crippen molar-refractivity contribution in [3.8, 4) is 0 Å². The zero-order chi connectivity index (χ0) is 11.4. The number of hydrogen-bond donors (Lipinski definition) is 3. The molecule has 1 aromatic carbocycles. The van der Waals surface area contributed by atoms with E-state index in [1.54, 1.807) is 0 Å². The van der Waals surface area contributed by atoms with Crippen molar-refractivity contribution in [2.45, 2.75) is 13.0 Å². The number of benzene rings is 1. The van der Waals surface area contributed by atoms with Gasteiger partial charge in [-0.1, -0.05) is 12.1 Å². The molecular formula is C12H20N4. The molecule has 4 heteroatoms. The Morgan fingerprint density at radius 1 is 1.25 bits per heavy atom. The molecule has 1 fully saturated rings. The first-order valence-corrected chi connectivity index (χ1v) is 5.83. The molecule has 0 bridgehead atoms. The van der Waals surface area contributed by atoms with Crippen LogP contribution < -0.4 is 21.5 Å². The van der Waals surface area contributed by atoms with E-state index >= 15 is 0 Å². The second kappa shape index (κ2) is 5.30. The van der Waals surface area contributed by atoms with Gasteiger partial charge in [-0.2, -0.15) is 0 Å². The maximum absolute atomic E-state index is 5.42. The SMILES string of the molecule is C[C@@H](NN)c1ccc(N2CCNCC2)cc1. The fourth-order valence-corrected chi connectivity index (χ4v) is 1.99. The van der Waals surface area contributed by atoms with Crippen LogP contribution in [-0.4, -0.2) is 26.2 Å². The van der Waals surface area contributed by atoms with Crippen LogP contribution in [0.3, 0.4) is 0 Å². The van der Waals surface area contributed by atoms with Gasteiger partial charge in [0.05, 0.1) is 0 Å². The van der Waals surface area contributed by atoms with Crippen LogP contribution in [0.25, 0.3) is 0 Å². The summed E-state index contributed by atoms with van der Waals surface area (Å²) in [5.41, 5.74) is 5.28. The summed E-state index contributed by atoms with van der Waals surface area (Å²) < 4.78 is 0. The van der Waals surface area contributed by atoms with Gasteiger partial charge in [0, 0.05) is 37.9 Å². The zero-order valence-electron chi connectivity index (χ0n) is 9.74. The first kappa shape index (κ1) is 11.4. The van der Waals surface area contributed by atoms with Gasteiger partial charge in [-0.25, -0.2) is 0 Å². The fraction of sp³-hybridized carbons (Fsp3) is 0.500. The molecule has 0 radical (unpaired) electrons. The van der Waals surface area contributed by atoms with Crippen molar-refractivity contribution in [1.82, 2.24) is 10.7 Å². The molecule has 1 aromatic rings. The van der Waals surface area contributed by atoms with Gasteiger partial charge in [-0.05, 0) is 24.6 Å². The number of nitrogens with zero attached hydrogens (tertiary/aromatic N) is 1. The molecule has 0 amide bonds. The van der Waals surface area contributed by atoms with Crippen LogP contribution in [0, 0.1) is 0 Å². The monoisotopic (exact) mass is 220 g/mol. The van der Waals surface area contributed by atoms with Crippen LogP contribution >= 0.6 is 0 Å². The molecule has 16 heavy (non-hydrogen) atoms. The summed E-state index contributed by atoms with van der Waals surface area (Å²) in [6.45, 7) is 6.37. The molecule has 0 aromatic heterocycles. The number of hydrogen-bond acceptors (Lipinski definition) is 4. The van der Waals surface area contributed by atoms with E-state index in [9.17, 15) is 0 Å². The molecule has 0 spiro atoms. The Bertz CT molecular complexity index is 316. The van der Waals surface area contributed by atoms with E-state index in [1.807, 2.05) is 0 Å². The second-order valence-electron chi connectivity index (χ2n) is 4.22. The topological polar surface area (TPSA) is 53.3 Å². The lowest BCUT2D eigenvalue weighted by molar-refractivity contribution is 0.587. The molecule has 2 rings (SSSR count). The van der Waals surface area contributed by atoms with Crippen molar-refractivity contribution in [2.75, 3.05) is 31.1 Å². The number of rotatable bonds is 3. The molecule has 1 aliphatic heterocycles. The van der Waals surface area contributed by atoms with Crippen molar-refractivity contribution in [3.05, 3.63) is 29.8 Å². The fourth-order valence-electron chi connectivity index (χ4n) is 1.99. The van der Waals surface area contributed by atoms with Crippen LogP contribution in [-0.2, 0) is 0 Å². The predicted octanol–water partition coefficient (Wildman–Crippen LogP) is 0.621. The Morgan fingerprint density at radius 3 is 2.44 bits per heavy atom. The molecule has 1 atom stereocenters. The van der Waals surface area contributed by atoms with Crippen LogP contribution in [0.4, 0.5) is 5.69 Å². The van der Waals surface area contributed by atoms with E-state index in [0.29, 0.717) is 0 Å². The van der Waals surface area contributed by atoms with Gasteiger partial charge in [0.25, 0.3) is 0 Å². The van der Waals surface area contributed by atoms with Gasteiger partial charge >= 0.3 is 0 Å². The summed E-state index contributed by atoms with van der Waals surface area (Å²) in [6, 6.07) is 8.84. The molecule has 0 aliphatic carbocycles. The van der Waals surface area contributed by atoms with E-state index in [2.05, 4.69) is 46.8 Å². The van der Waals surface area contributed by atoms with Crippen LogP contribution in [0.1, 0.15) is 18.5 Å². The zero-order valence-corrected chi connectivity index (χ0v) is 9.74. The smallest absolute Gasteiger partial charge is 0.0431 e. The molecule has 4 nitrogen and oxygen atoms in total. The number of piperazine rings is 1. The van der Waals surface area contributed by atoms with Crippen molar-refractivity contribution in [3.63, 3.8) is 0 Å². The minimum Gasteiger partial charge on any atom is -0.369 e. The normalized spacial score (nSPS) is 18.5. The highest BCUT2D eigenvalue weighted by atomic mass is 15.2. The van der Waals surface area contributed by atoms with E-state index in [0.717, 1.165) is 26.2 Å². The van der Waals surface area contributed by atoms with Gasteiger partial charge in [0.2, 0.25) is 0 Å². The van der Waals surface area contributed by atoms with Gasteiger partial charge < -0.3 is 10.2 Å². The van der Waals surface area contributed by atoms with Crippen molar-refractivity contribution < 1.29 is 0 Å². The molecule has 4 N–H and O–H groups in total. The molecular weight excluding hydrogens is 200 g/mol. The number of hydrazine groups is 1. The van der Waals surface area contributed by atoms with E-state index < -0.39 is 0 Å². The molecule has 0 unspecified atom stereocenters. The summed E-state index contributed by atoms with van der Waals surface area (Å²) in [4.78, 5) is 2.40. The lowest BCUT2D eigenvalue weighted by atomic mass is 10.1. The maximum atomic E-state index is 5.42. The largest absolute Gasteiger partial charge is 0.369 e. The molecule has 0 saturated carbocycles. The van der Waals surface area contributed by atoms with Gasteiger partial charge in [0.1, 0.15) is 0 Å². The van der Waals surface area contributed by atoms with Gasteiger partial charge in [-0.15, -0.1) is 0 Å². The summed E-state index contributed by atoms with van der Waals surface area (Å²) >= 11 is 0. The Kier molecular flexibility index (Phi) is 3.77. The summed E-state index contributed by atoms with van der Waals surface area (Å²) in [6.07, 6.45) is 0. The van der Waals surface area contributed by atoms with Gasteiger partial charge in [-0.3, -0.25) is 11.3 Å². The highest BCUT2D eigenvalue weighted by Gasteiger charge is 2.10. The lowest BCUT2D eigenvalue weighted by Crippen LogP contribution is -2.43. The molecule has 88 valence electrons. The molecule has 1 heterocycles. The first-order valence-electron chi connectivity index (χ1n) is 5.83. The minimum absolute atomic E-state index is 0.206. The van der Waals surface area contributed by atoms with Crippen molar-refractivity contribution in [1.29, 1.82) is 0 Å². The lowest BCUT2D eigenvalue weighted by Gasteiger charge is -2.29. The average molecular weight is 220 g/mol. The third kappa shape index (κ3) is 2.52. The standard InChI is InChI=1S/C12H20N4/c1-10(15-13)11-2-4-12(5-3-11)16-8-6-14-7-9-16/h2-5,10,14-15H,6-9,13H2,1H3/t10-/m1/s1. The first-order chi connectivity index (χ1) is 7.81. The Balaban J connectivity index is 2.06. The summed E-state index contributed by atoms with van der Waals surface area (Å²) in [7, 11) is 0. The average Bonchev–Trinajstić information content (AvgIpc) is 2.39. The van der Waals surface area contributed by atoms with Crippen molar-refractivity contribution >= 4 is 5.69 Å². The minimum atomic E-state index is 0.206. The van der Waals surface area contributed by atoms with Crippen LogP contribution in [0.2, 0.25) is 0 Å². The van der Waals surface area contributed by atoms with E-state index in [4.69, 9.17) is 5.84 Å². The van der Waals surface area contributed by atoms with Crippen molar-refractivity contribution in [2.24, 2.45) is 5.84 Å². The second-order valence-corrected chi connectivity index (χ2v) is 4.22. The number of nitrogens with two attached hydrogens (primary N) is 1. The summed E-state index contributed by atoms with van der Waals surface area (Å²) in [5.74, 6) is 5.42. The Labute approximate surface area is 96.8 Å². The maximum Gasteiger partial charge on any atom is 0.0431 e. The van der Waals surface area contributed by atoms with E-state index in [-0.39, 0.29) is 6.04 Å². The molecule has 1 saturated heterocycles. The van der Waals surface area contributed by atoms with E-state index in [1.165, 1.54) is 11.3 Å². The number of anilines is 1. The number of nitrogens with one attached hydrogen (secondary N) is 2. The third-order valence-electron chi connectivity index (χ3n) is 3.13. The van der Waals surface area contributed by atoms with Crippen LogP contribution in [0.15, 0.2) is 24.3 Å². The highest BCUT2D eigenvalue weighted by Crippen LogP contribution is 2.18. The summed E-state index contributed by atoms with van der Waals surface area (Å²) in [5, 5.41) is 3.36. The Morgan fingerprint density at radius 2 is 1.88 bits per heavy atom.